The lowest BCUT2D eigenvalue weighted by atomic mass is 10.4. The standard InChI is InChI=1S/C13H30OP.3C12H28OP.3C11H26OP.2BrH.3ClH.2HI/c1-4-10-15(11-5-2,12-6-3)13-8-7-9-14;3*1-4-9-14(10-5-2,11-6-3)12-7-8-13;3*1-4-8-13(9-5-2,10-6-3)11-7-12;;;;;;;/h14H,4-13H2,1-3H3;3*13H,4-12H2,1-3H3;3*12H,4-11H2,1-3H3;7*1H/q7*+1;;;;;;;/p-7. The third kappa shape index (κ3) is 80.2. The first-order chi connectivity index (χ1) is 46.2. The van der Waals surface area contributed by atoms with Crippen molar-refractivity contribution in [2.75, 3.05) is 219 Å². The Morgan fingerprint density at radius 2 is 0.233 bits per heavy atom. The average Bonchev–Trinajstić information content (AvgIpc) is 0.956. The van der Waals surface area contributed by atoms with E-state index in [2.05, 4.69) is 145 Å². The highest BCUT2D eigenvalue weighted by atomic mass is 127. The van der Waals surface area contributed by atoms with E-state index in [4.69, 9.17) is 35.7 Å². The molecule has 0 atom stereocenters. The molecule has 0 unspecified atom stereocenters. The summed E-state index contributed by atoms with van der Waals surface area (Å²) in [5.41, 5.74) is 0. The first kappa shape index (κ1) is 141. The van der Waals surface area contributed by atoms with Crippen LogP contribution in [0.2, 0.25) is 0 Å². The second-order valence-electron chi connectivity index (χ2n) is 29.5. The molecule has 0 aromatic carbocycles. The Bertz CT molecular complexity index is 1190. The van der Waals surface area contributed by atoms with Crippen molar-refractivity contribution in [3.05, 3.63) is 0 Å². The van der Waals surface area contributed by atoms with E-state index in [1.807, 2.05) is 0 Å². The van der Waals surface area contributed by atoms with Crippen LogP contribution in [0.3, 0.4) is 0 Å². The number of hydrogen-bond donors (Lipinski definition) is 7. The van der Waals surface area contributed by atoms with Crippen LogP contribution in [0.1, 0.15) is 312 Å². The van der Waals surface area contributed by atoms with Crippen LogP contribution >= 0.6 is 50.8 Å². The first-order valence-electron chi connectivity index (χ1n) is 42.4. The fraction of sp³-hybridized carbons (Fsp3) is 1.00. The molecule has 0 rings (SSSR count). The zero-order chi connectivity index (χ0) is 74.6. The van der Waals surface area contributed by atoms with Gasteiger partial charge in [0.05, 0.1) is 192 Å². The van der Waals surface area contributed by atoms with E-state index >= 15 is 0 Å². The van der Waals surface area contributed by atoms with Crippen molar-refractivity contribution in [2.24, 2.45) is 0 Å². The van der Waals surface area contributed by atoms with Crippen molar-refractivity contribution >= 4 is 50.8 Å². The van der Waals surface area contributed by atoms with Crippen LogP contribution in [-0.2, 0) is 0 Å². The minimum Gasteiger partial charge on any atom is -1.00 e. The summed E-state index contributed by atoms with van der Waals surface area (Å²) in [5, 5.41) is 63.0. The van der Waals surface area contributed by atoms with Gasteiger partial charge in [-0.2, -0.15) is 0 Å². The zero-order valence-electron chi connectivity index (χ0n) is 73.0. The smallest absolute Gasteiger partial charge is 0.0825 e. The number of rotatable bonds is 61. The molecule has 0 radical (unpaired) electrons. The Morgan fingerprint density at radius 1 is 0.136 bits per heavy atom. The summed E-state index contributed by atoms with van der Waals surface area (Å²) >= 11 is 0. The highest BCUT2D eigenvalue weighted by molar-refractivity contribution is 7.78. The van der Waals surface area contributed by atoms with Crippen LogP contribution in [0.25, 0.3) is 0 Å². The van der Waals surface area contributed by atoms with Gasteiger partial charge in [-0.15, -0.1) is 0 Å². The molecule has 0 aromatic heterocycles. The predicted molar refractivity (Wildman–Crippen MR) is 474 cm³/mol. The molecule has 0 fully saturated rings. The quantitative estimate of drug-likeness (QED) is 0.0281. The zero-order valence-corrected chi connectivity index (χ0v) is 89.1. The lowest BCUT2D eigenvalue weighted by Gasteiger charge is -2.26. The SMILES string of the molecule is CCC[P+](CCC)(CCC)CCCCO.CCC[P+](CCC)(CCC)CCCO.CCC[P+](CCC)(CCC)CCCO.CCC[P+](CCC)(CCC)CCCO.CCC[P+](CCC)(CCC)CCO.CCC[P+](CCC)(CCC)CCO.CCC[P+](CCC)(CCC)CCO.[Br-].[Br-].[Cl-].[Cl-].[Cl-].[I-].[I-]. The summed E-state index contributed by atoms with van der Waals surface area (Å²) in [6.07, 6.45) is 72.0. The van der Waals surface area contributed by atoms with Crippen LogP contribution in [0, 0.1) is 0 Å². The van der Waals surface area contributed by atoms with E-state index in [1.54, 1.807) is 0 Å². The van der Waals surface area contributed by atoms with Gasteiger partial charge in [0.25, 0.3) is 0 Å². The number of aliphatic hydroxyl groups excluding tert-OH is 7. The van der Waals surface area contributed by atoms with E-state index in [0.717, 1.165) is 44.2 Å². The number of unbranched alkanes of at least 4 members (excludes halogenated alkanes) is 1. The summed E-state index contributed by atoms with van der Waals surface area (Å²) in [5.74, 6) is 0. The molecule has 103 heavy (non-hydrogen) atoms. The van der Waals surface area contributed by atoms with Crippen molar-refractivity contribution < 1.29 is 155 Å². The highest BCUT2D eigenvalue weighted by Gasteiger charge is 2.39. The molecule has 7 nitrogen and oxygen atoms in total. The maximum absolute atomic E-state index is 9.11. The van der Waals surface area contributed by atoms with Gasteiger partial charge >= 0.3 is 0 Å². The molecular formula is C82H192Br2Cl3I2O7P7. The van der Waals surface area contributed by atoms with Crippen molar-refractivity contribution in [2.45, 2.75) is 312 Å². The van der Waals surface area contributed by atoms with Crippen LogP contribution in [0.4, 0.5) is 0 Å². The molecule has 0 aromatic rings. The third-order valence-corrected chi connectivity index (χ3v) is 57.6. The van der Waals surface area contributed by atoms with Crippen LogP contribution in [0.15, 0.2) is 0 Å². The van der Waals surface area contributed by atoms with Gasteiger partial charge in [-0.1, -0.05) is 145 Å². The topological polar surface area (TPSA) is 142 Å². The van der Waals surface area contributed by atoms with Crippen LogP contribution in [0.5, 0.6) is 0 Å². The molecule has 0 aliphatic carbocycles. The second-order valence-corrected chi connectivity index (χ2v) is 60.8. The van der Waals surface area contributed by atoms with Crippen LogP contribution in [-0.4, -0.2) is 255 Å². The number of hydrogen-bond acceptors (Lipinski definition) is 7. The molecule has 7 N–H and O–H groups in total. The second kappa shape index (κ2) is 104. The van der Waals surface area contributed by atoms with Gasteiger partial charge in [0.15, 0.2) is 0 Å². The summed E-state index contributed by atoms with van der Waals surface area (Å²) in [7, 11) is -4.89. The van der Waals surface area contributed by atoms with Gasteiger partial charge in [-0.05, 0) is 148 Å². The number of aliphatic hydroxyl groups is 7. The Morgan fingerprint density at radius 3 is 0.320 bits per heavy atom. The summed E-state index contributed by atoms with van der Waals surface area (Å²) in [6.45, 7) is 51.0. The molecule has 0 saturated carbocycles. The lowest BCUT2D eigenvalue weighted by Crippen LogP contribution is -3.00. The summed E-state index contributed by atoms with van der Waals surface area (Å²) in [6, 6.07) is 0. The minimum absolute atomic E-state index is 0. The van der Waals surface area contributed by atoms with Gasteiger partial charge < -0.3 is 155 Å². The average molecular weight is 2030 g/mol. The monoisotopic (exact) mass is 2020 g/mol. The molecular weight excluding hydrogens is 1830 g/mol. The minimum atomic E-state index is -0.746. The summed E-state index contributed by atoms with van der Waals surface area (Å²) < 4.78 is 0. The lowest BCUT2D eigenvalue weighted by molar-refractivity contribution is -0.00100. The molecule has 0 aliphatic heterocycles. The van der Waals surface area contributed by atoms with Gasteiger partial charge in [-0.25, -0.2) is 0 Å². The molecule has 0 bridgehead atoms. The van der Waals surface area contributed by atoms with Crippen molar-refractivity contribution in [3.63, 3.8) is 0 Å². The summed E-state index contributed by atoms with van der Waals surface area (Å²) in [4.78, 5) is 0. The normalized spacial score (nSPS) is 11.2. The molecule has 0 aliphatic rings. The first-order valence-corrected chi connectivity index (χ1v) is 60.1. The Balaban J connectivity index is -0.0000000740. The largest absolute Gasteiger partial charge is 1.00 e. The van der Waals surface area contributed by atoms with Crippen molar-refractivity contribution in [1.29, 1.82) is 0 Å². The Kier molecular flexibility index (Phi) is 142. The third-order valence-electron chi connectivity index (χ3n) is 19.8. The van der Waals surface area contributed by atoms with E-state index in [1.165, 1.54) is 295 Å². The fourth-order valence-corrected chi connectivity index (χ4v) is 51.0. The van der Waals surface area contributed by atoms with E-state index in [0.29, 0.717) is 46.2 Å². The van der Waals surface area contributed by atoms with Gasteiger partial charge in [0.2, 0.25) is 0 Å². The molecule has 0 heterocycles. The van der Waals surface area contributed by atoms with Gasteiger partial charge in [0, 0.05) is 96.5 Å². The van der Waals surface area contributed by atoms with E-state index < -0.39 is 50.8 Å². The van der Waals surface area contributed by atoms with Crippen LogP contribution < -0.4 is 119 Å². The molecule has 0 saturated heterocycles. The maximum atomic E-state index is 9.11. The molecule has 21 heteroatoms. The highest BCUT2D eigenvalue weighted by Crippen LogP contribution is 2.65. The van der Waals surface area contributed by atoms with Gasteiger partial charge in [0.1, 0.15) is 0 Å². The Hall–Kier alpha value is 6.02. The predicted octanol–water partition coefficient (Wildman–Crippen LogP) is 3.56. The van der Waals surface area contributed by atoms with Crippen molar-refractivity contribution in [3.8, 4) is 0 Å². The van der Waals surface area contributed by atoms with E-state index in [9.17, 15) is 0 Å². The molecule has 0 spiro atoms. The van der Waals surface area contributed by atoms with E-state index in [-0.39, 0.29) is 119 Å². The van der Waals surface area contributed by atoms with Crippen molar-refractivity contribution in [1.82, 2.24) is 0 Å². The fourth-order valence-electron chi connectivity index (χ4n) is 17.1. The number of halogens is 7. The Labute approximate surface area is 729 Å². The molecule has 0 amide bonds. The maximum Gasteiger partial charge on any atom is 0.0825 e. The molecule has 646 valence electrons. The van der Waals surface area contributed by atoms with Gasteiger partial charge in [-0.3, -0.25) is 0 Å².